The van der Waals surface area contributed by atoms with Crippen LogP contribution in [-0.2, 0) is 4.74 Å². The molecule has 0 saturated heterocycles. The minimum atomic E-state index is 0.675. The van der Waals surface area contributed by atoms with Crippen LogP contribution < -0.4 is 5.73 Å². The first-order chi connectivity index (χ1) is 8.23. The van der Waals surface area contributed by atoms with Gasteiger partial charge in [0.15, 0.2) is 0 Å². The average Bonchev–Trinajstić information content (AvgIpc) is 2.37. The molecule has 0 radical (unpaired) electrons. The van der Waals surface area contributed by atoms with Gasteiger partial charge in [0.25, 0.3) is 0 Å². The summed E-state index contributed by atoms with van der Waals surface area (Å²) in [6, 6.07) is 0.695. The van der Waals surface area contributed by atoms with Gasteiger partial charge in [-0.1, -0.05) is 27.2 Å². The Kier molecular flexibility index (Phi) is 10.9. The molecule has 0 heterocycles. The average molecular weight is 244 g/mol. The number of hydrogen-bond donors (Lipinski definition) is 1. The van der Waals surface area contributed by atoms with E-state index in [1.165, 1.54) is 25.7 Å². The van der Waals surface area contributed by atoms with Gasteiger partial charge in [-0.2, -0.15) is 0 Å². The van der Waals surface area contributed by atoms with E-state index >= 15 is 0 Å². The Morgan fingerprint density at radius 3 is 2.12 bits per heavy atom. The van der Waals surface area contributed by atoms with Gasteiger partial charge < -0.3 is 10.5 Å². The highest BCUT2D eigenvalue weighted by Gasteiger charge is 2.15. The van der Waals surface area contributed by atoms with Crippen LogP contribution in [0.4, 0.5) is 0 Å². The van der Waals surface area contributed by atoms with Gasteiger partial charge in [-0.15, -0.1) is 0 Å². The Morgan fingerprint density at radius 1 is 1.06 bits per heavy atom. The van der Waals surface area contributed by atoms with Crippen molar-refractivity contribution in [2.24, 2.45) is 11.7 Å². The molecule has 0 bridgehead atoms. The first-order valence-electron chi connectivity index (χ1n) is 7.16. The van der Waals surface area contributed by atoms with Crippen LogP contribution >= 0.6 is 0 Å². The van der Waals surface area contributed by atoms with Crippen LogP contribution in [0.15, 0.2) is 0 Å². The largest absolute Gasteiger partial charge is 0.383 e. The predicted molar refractivity (Wildman–Crippen MR) is 75.3 cm³/mol. The lowest BCUT2D eigenvalue weighted by molar-refractivity contribution is 0.110. The fourth-order valence-corrected chi connectivity index (χ4v) is 2.33. The van der Waals surface area contributed by atoms with E-state index in [2.05, 4.69) is 25.7 Å². The van der Waals surface area contributed by atoms with E-state index in [-0.39, 0.29) is 0 Å². The maximum atomic E-state index is 5.77. The van der Waals surface area contributed by atoms with E-state index < -0.39 is 0 Å². The second kappa shape index (κ2) is 11.0. The molecule has 0 aliphatic heterocycles. The summed E-state index contributed by atoms with van der Waals surface area (Å²) in [4.78, 5) is 2.57. The minimum absolute atomic E-state index is 0.675. The van der Waals surface area contributed by atoms with Crippen LogP contribution in [-0.4, -0.2) is 44.3 Å². The van der Waals surface area contributed by atoms with Crippen LogP contribution in [0.2, 0.25) is 0 Å². The molecule has 104 valence electrons. The van der Waals surface area contributed by atoms with Crippen molar-refractivity contribution in [3.63, 3.8) is 0 Å². The van der Waals surface area contributed by atoms with E-state index in [0.717, 1.165) is 26.2 Å². The SMILES string of the molecule is CCC(CN)CCN(CCOC)C(CC)CC. The van der Waals surface area contributed by atoms with Gasteiger partial charge >= 0.3 is 0 Å². The Bertz CT molecular complexity index is 156. The van der Waals surface area contributed by atoms with E-state index in [1.54, 1.807) is 7.11 Å². The van der Waals surface area contributed by atoms with E-state index in [9.17, 15) is 0 Å². The summed E-state index contributed by atoms with van der Waals surface area (Å²) in [5, 5.41) is 0. The summed E-state index contributed by atoms with van der Waals surface area (Å²) < 4.78 is 5.20. The number of rotatable bonds is 11. The molecule has 17 heavy (non-hydrogen) atoms. The molecule has 1 atom stereocenters. The maximum absolute atomic E-state index is 5.77. The van der Waals surface area contributed by atoms with E-state index in [4.69, 9.17) is 10.5 Å². The maximum Gasteiger partial charge on any atom is 0.0589 e. The van der Waals surface area contributed by atoms with E-state index in [0.29, 0.717) is 12.0 Å². The highest BCUT2D eigenvalue weighted by atomic mass is 16.5. The molecule has 1 unspecified atom stereocenters. The molecule has 0 amide bonds. The molecule has 0 aromatic carbocycles. The summed E-state index contributed by atoms with van der Waals surface area (Å²) in [5.41, 5.74) is 5.77. The zero-order chi connectivity index (χ0) is 13.1. The van der Waals surface area contributed by atoms with Gasteiger partial charge in [0, 0.05) is 19.7 Å². The molecule has 0 spiro atoms. The lowest BCUT2D eigenvalue weighted by Crippen LogP contribution is -2.38. The standard InChI is InChI=1S/C14H32N2O/c1-5-13(12-15)8-9-16(10-11-17-4)14(6-2)7-3/h13-14H,5-12,15H2,1-4H3. The number of nitrogens with zero attached hydrogens (tertiary/aromatic N) is 1. The minimum Gasteiger partial charge on any atom is -0.383 e. The van der Waals surface area contributed by atoms with Crippen molar-refractivity contribution in [3.05, 3.63) is 0 Å². The Hall–Kier alpha value is -0.120. The monoisotopic (exact) mass is 244 g/mol. The molecule has 2 N–H and O–H groups in total. The zero-order valence-corrected chi connectivity index (χ0v) is 12.2. The van der Waals surface area contributed by atoms with Crippen molar-refractivity contribution in [1.29, 1.82) is 0 Å². The Labute approximate surface area is 108 Å². The van der Waals surface area contributed by atoms with Gasteiger partial charge in [-0.05, 0) is 38.3 Å². The van der Waals surface area contributed by atoms with Gasteiger partial charge in [-0.3, -0.25) is 4.90 Å². The third-order valence-electron chi connectivity index (χ3n) is 3.78. The number of methoxy groups -OCH3 is 1. The molecule has 3 heteroatoms. The first kappa shape index (κ1) is 16.9. The first-order valence-corrected chi connectivity index (χ1v) is 7.16. The van der Waals surface area contributed by atoms with Gasteiger partial charge in [0.05, 0.1) is 6.61 Å². The molecule has 0 aromatic heterocycles. The molecular formula is C14H32N2O. The number of ether oxygens (including phenoxy) is 1. The summed E-state index contributed by atoms with van der Waals surface area (Å²) in [6.45, 7) is 10.6. The van der Waals surface area contributed by atoms with Crippen LogP contribution in [0.1, 0.15) is 46.5 Å². The molecule has 0 aliphatic carbocycles. The van der Waals surface area contributed by atoms with Crippen LogP contribution in [0.3, 0.4) is 0 Å². The van der Waals surface area contributed by atoms with Gasteiger partial charge in [0.2, 0.25) is 0 Å². The Balaban J connectivity index is 4.16. The third kappa shape index (κ3) is 7.02. The lowest BCUT2D eigenvalue weighted by Gasteiger charge is -2.31. The fourth-order valence-electron chi connectivity index (χ4n) is 2.33. The second-order valence-electron chi connectivity index (χ2n) is 4.80. The molecule has 3 nitrogen and oxygen atoms in total. The van der Waals surface area contributed by atoms with Crippen LogP contribution in [0.25, 0.3) is 0 Å². The summed E-state index contributed by atoms with van der Waals surface area (Å²) in [6.07, 6.45) is 4.85. The molecule has 0 aliphatic rings. The van der Waals surface area contributed by atoms with Crippen LogP contribution in [0, 0.1) is 5.92 Å². The molecule has 0 fully saturated rings. The summed E-state index contributed by atoms with van der Waals surface area (Å²) in [5.74, 6) is 0.675. The number of nitrogens with two attached hydrogens (primary N) is 1. The fraction of sp³-hybridized carbons (Fsp3) is 1.00. The van der Waals surface area contributed by atoms with Crippen molar-refractivity contribution < 1.29 is 4.74 Å². The molecule has 0 rings (SSSR count). The zero-order valence-electron chi connectivity index (χ0n) is 12.2. The lowest BCUT2D eigenvalue weighted by atomic mass is 10.0. The Morgan fingerprint density at radius 2 is 1.71 bits per heavy atom. The quantitative estimate of drug-likeness (QED) is 0.607. The molecule has 0 saturated carbocycles. The molecular weight excluding hydrogens is 212 g/mol. The number of hydrogen-bond acceptors (Lipinski definition) is 3. The van der Waals surface area contributed by atoms with Crippen LogP contribution in [0.5, 0.6) is 0 Å². The van der Waals surface area contributed by atoms with E-state index in [1.807, 2.05) is 0 Å². The highest BCUT2D eigenvalue weighted by Crippen LogP contribution is 2.13. The highest BCUT2D eigenvalue weighted by molar-refractivity contribution is 4.71. The van der Waals surface area contributed by atoms with Gasteiger partial charge in [0.1, 0.15) is 0 Å². The predicted octanol–water partition coefficient (Wildman–Crippen LogP) is 2.50. The van der Waals surface area contributed by atoms with Gasteiger partial charge in [-0.25, -0.2) is 0 Å². The van der Waals surface area contributed by atoms with Crippen molar-refractivity contribution in [2.75, 3.05) is 33.4 Å². The van der Waals surface area contributed by atoms with Crippen molar-refractivity contribution >= 4 is 0 Å². The summed E-state index contributed by atoms with van der Waals surface area (Å²) in [7, 11) is 1.78. The summed E-state index contributed by atoms with van der Waals surface area (Å²) >= 11 is 0. The normalized spacial score (nSPS) is 13.6. The topological polar surface area (TPSA) is 38.5 Å². The van der Waals surface area contributed by atoms with Crippen molar-refractivity contribution in [1.82, 2.24) is 4.90 Å². The van der Waals surface area contributed by atoms with Crippen molar-refractivity contribution in [2.45, 2.75) is 52.5 Å². The third-order valence-corrected chi connectivity index (χ3v) is 3.78. The smallest absolute Gasteiger partial charge is 0.0589 e. The molecule has 0 aromatic rings. The van der Waals surface area contributed by atoms with Crippen molar-refractivity contribution in [3.8, 4) is 0 Å². The second-order valence-corrected chi connectivity index (χ2v) is 4.80.